The standard InChI is InChI=1S/C9H8ClNO/c10-6-8(9(11)12)7-4-2-1-3-5-7/h1-6H,(H2,11,12)/b8-6-. The van der Waals surface area contributed by atoms with Crippen molar-refractivity contribution < 1.29 is 4.79 Å². The minimum atomic E-state index is -0.517. The van der Waals surface area contributed by atoms with Gasteiger partial charge < -0.3 is 5.73 Å². The molecule has 3 heteroatoms. The zero-order valence-corrected chi connectivity index (χ0v) is 7.08. The molecule has 0 fully saturated rings. The van der Waals surface area contributed by atoms with Gasteiger partial charge in [0.25, 0.3) is 0 Å². The second-order valence-electron chi connectivity index (χ2n) is 2.25. The molecule has 0 spiro atoms. The van der Waals surface area contributed by atoms with Gasteiger partial charge in [-0.2, -0.15) is 0 Å². The SMILES string of the molecule is NC(=O)/C(=C\Cl)c1ccccc1. The summed E-state index contributed by atoms with van der Waals surface area (Å²) in [7, 11) is 0. The number of carbonyl (C=O) groups is 1. The third-order valence-electron chi connectivity index (χ3n) is 1.46. The van der Waals surface area contributed by atoms with E-state index in [-0.39, 0.29) is 0 Å². The van der Waals surface area contributed by atoms with Crippen molar-refractivity contribution in [1.82, 2.24) is 0 Å². The molecule has 0 aromatic heterocycles. The van der Waals surface area contributed by atoms with E-state index >= 15 is 0 Å². The number of carbonyl (C=O) groups excluding carboxylic acids is 1. The van der Waals surface area contributed by atoms with Gasteiger partial charge in [-0.1, -0.05) is 41.9 Å². The van der Waals surface area contributed by atoms with E-state index in [1.165, 1.54) is 5.54 Å². The zero-order chi connectivity index (χ0) is 8.97. The summed E-state index contributed by atoms with van der Waals surface area (Å²) in [5.41, 5.74) is 7.35. The van der Waals surface area contributed by atoms with Crippen molar-refractivity contribution in [2.24, 2.45) is 5.73 Å². The van der Waals surface area contributed by atoms with Gasteiger partial charge in [-0.15, -0.1) is 0 Å². The second kappa shape index (κ2) is 3.93. The Balaban J connectivity index is 3.05. The maximum Gasteiger partial charge on any atom is 0.250 e. The van der Waals surface area contributed by atoms with Crippen LogP contribution in [-0.4, -0.2) is 5.91 Å². The third-order valence-corrected chi connectivity index (χ3v) is 1.68. The van der Waals surface area contributed by atoms with Gasteiger partial charge in [-0.3, -0.25) is 4.79 Å². The summed E-state index contributed by atoms with van der Waals surface area (Å²) >= 11 is 5.43. The van der Waals surface area contributed by atoms with E-state index in [4.69, 9.17) is 17.3 Å². The largest absolute Gasteiger partial charge is 0.366 e. The molecule has 0 aliphatic heterocycles. The number of hydrogen-bond donors (Lipinski definition) is 1. The predicted molar refractivity (Wildman–Crippen MR) is 49.5 cm³/mol. The van der Waals surface area contributed by atoms with Crippen molar-refractivity contribution in [3.05, 3.63) is 41.4 Å². The Bertz CT molecular complexity index is 306. The summed E-state index contributed by atoms with van der Waals surface area (Å²) in [6.07, 6.45) is 0. The molecule has 0 radical (unpaired) electrons. The predicted octanol–water partition coefficient (Wildman–Crippen LogP) is 1.75. The Morgan fingerprint density at radius 1 is 1.33 bits per heavy atom. The van der Waals surface area contributed by atoms with Crippen LogP contribution in [0.25, 0.3) is 5.57 Å². The number of hydrogen-bond acceptors (Lipinski definition) is 1. The highest BCUT2D eigenvalue weighted by Gasteiger charge is 2.05. The first-order valence-electron chi connectivity index (χ1n) is 3.41. The molecule has 1 rings (SSSR count). The highest BCUT2D eigenvalue weighted by Crippen LogP contribution is 2.13. The van der Waals surface area contributed by atoms with Crippen molar-refractivity contribution in [3.8, 4) is 0 Å². The van der Waals surface area contributed by atoms with E-state index in [1.54, 1.807) is 12.1 Å². The normalized spacial score (nSPS) is 11.2. The highest BCUT2D eigenvalue weighted by atomic mass is 35.5. The average Bonchev–Trinajstić information content (AvgIpc) is 2.07. The zero-order valence-electron chi connectivity index (χ0n) is 6.33. The number of nitrogens with two attached hydrogens (primary N) is 1. The molecule has 12 heavy (non-hydrogen) atoms. The second-order valence-corrected chi connectivity index (χ2v) is 2.47. The van der Waals surface area contributed by atoms with Gasteiger partial charge in [0.05, 0.1) is 5.57 Å². The fraction of sp³-hybridized carbons (Fsp3) is 0. The van der Waals surface area contributed by atoms with Crippen LogP contribution in [0.4, 0.5) is 0 Å². The number of halogens is 1. The molecule has 2 nitrogen and oxygen atoms in total. The molecule has 0 unspecified atom stereocenters. The molecule has 0 bridgehead atoms. The minimum Gasteiger partial charge on any atom is -0.366 e. The lowest BCUT2D eigenvalue weighted by Crippen LogP contribution is -2.12. The lowest BCUT2D eigenvalue weighted by molar-refractivity contribution is -0.112. The number of benzene rings is 1. The molecular weight excluding hydrogens is 174 g/mol. The molecule has 1 aromatic rings. The number of amides is 1. The summed E-state index contributed by atoms with van der Waals surface area (Å²) in [4.78, 5) is 10.8. The van der Waals surface area contributed by atoms with Gasteiger partial charge in [0.15, 0.2) is 0 Å². The van der Waals surface area contributed by atoms with Crippen LogP contribution in [0.15, 0.2) is 35.9 Å². The van der Waals surface area contributed by atoms with Crippen LogP contribution in [0.1, 0.15) is 5.56 Å². The molecule has 0 saturated heterocycles. The highest BCUT2D eigenvalue weighted by molar-refractivity contribution is 6.35. The van der Waals surface area contributed by atoms with Crippen LogP contribution >= 0.6 is 11.6 Å². The van der Waals surface area contributed by atoms with Crippen LogP contribution in [0.3, 0.4) is 0 Å². The monoisotopic (exact) mass is 181 g/mol. The topological polar surface area (TPSA) is 43.1 Å². The van der Waals surface area contributed by atoms with E-state index in [0.717, 1.165) is 5.56 Å². The lowest BCUT2D eigenvalue weighted by Gasteiger charge is -1.99. The lowest BCUT2D eigenvalue weighted by atomic mass is 10.1. The van der Waals surface area contributed by atoms with Gasteiger partial charge in [0.1, 0.15) is 0 Å². The van der Waals surface area contributed by atoms with Crippen molar-refractivity contribution in [2.75, 3.05) is 0 Å². The molecule has 0 saturated carbocycles. The summed E-state index contributed by atoms with van der Waals surface area (Å²) in [5.74, 6) is -0.517. The maximum absolute atomic E-state index is 10.8. The number of primary amides is 1. The van der Waals surface area contributed by atoms with E-state index in [2.05, 4.69) is 0 Å². The Hall–Kier alpha value is -1.28. The first-order valence-corrected chi connectivity index (χ1v) is 3.85. The Labute approximate surface area is 75.6 Å². The van der Waals surface area contributed by atoms with Gasteiger partial charge >= 0.3 is 0 Å². The quantitative estimate of drug-likeness (QED) is 0.695. The van der Waals surface area contributed by atoms with E-state index < -0.39 is 5.91 Å². The van der Waals surface area contributed by atoms with Crippen LogP contribution in [0.2, 0.25) is 0 Å². The van der Waals surface area contributed by atoms with Crippen LogP contribution in [0, 0.1) is 0 Å². The van der Waals surface area contributed by atoms with E-state index in [1.807, 2.05) is 18.2 Å². The van der Waals surface area contributed by atoms with Crippen LogP contribution in [-0.2, 0) is 4.79 Å². The third kappa shape index (κ3) is 1.86. The first kappa shape index (κ1) is 8.81. The maximum atomic E-state index is 10.8. The molecule has 62 valence electrons. The smallest absolute Gasteiger partial charge is 0.250 e. The van der Waals surface area contributed by atoms with Gasteiger partial charge in [0, 0.05) is 5.54 Å². The van der Waals surface area contributed by atoms with Crippen molar-refractivity contribution >= 4 is 23.1 Å². The molecule has 2 N–H and O–H groups in total. The van der Waals surface area contributed by atoms with Crippen LogP contribution < -0.4 is 5.73 Å². The van der Waals surface area contributed by atoms with Gasteiger partial charge in [-0.25, -0.2) is 0 Å². The summed E-state index contributed by atoms with van der Waals surface area (Å²) in [5, 5.41) is 0. The van der Waals surface area contributed by atoms with Crippen molar-refractivity contribution in [1.29, 1.82) is 0 Å². The van der Waals surface area contributed by atoms with Crippen LogP contribution in [0.5, 0.6) is 0 Å². The van der Waals surface area contributed by atoms with Crippen molar-refractivity contribution in [3.63, 3.8) is 0 Å². The molecular formula is C9H8ClNO. The molecule has 0 heterocycles. The summed E-state index contributed by atoms with van der Waals surface area (Å²) in [6.45, 7) is 0. The minimum absolute atomic E-state index is 0.331. The first-order chi connectivity index (χ1) is 5.75. The Kier molecular flexibility index (Phi) is 2.88. The summed E-state index contributed by atoms with van der Waals surface area (Å²) < 4.78 is 0. The molecule has 0 aliphatic carbocycles. The van der Waals surface area contributed by atoms with Crippen molar-refractivity contribution in [2.45, 2.75) is 0 Å². The molecule has 1 aromatic carbocycles. The van der Waals surface area contributed by atoms with Gasteiger partial charge in [0.2, 0.25) is 5.91 Å². The fourth-order valence-electron chi connectivity index (χ4n) is 0.877. The van der Waals surface area contributed by atoms with Gasteiger partial charge in [-0.05, 0) is 5.56 Å². The van der Waals surface area contributed by atoms with E-state index in [0.29, 0.717) is 5.57 Å². The average molecular weight is 182 g/mol. The van der Waals surface area contributed by atoms with E-state index in [9.17, 15) is 4.79 Å². The Morgan fingerprint density at radius 3 is 2.33 bits per heavy atom. The number of rotatable bonds is 2. The Morgan fingerprint density at radius 2 is 1.92 bits per heavy atom. The summed E-state index contributed by atoms with van der Waals surface area (Å²) in [6, 6.07) is 9.05. The fourth-order valence-corrected chi connectivity index (χ4v) is 1.11. The molecule has 1 amide bonds. The molecule has 0 atom stereocenters. The molecule has 0 aliphatic rings.